The summed E-state index contributed by atoms with van der Waals surface area (Å²) >= 11 is 0. The van der Waals surface area contributed by atoms with E-state index in [-0.39, 0.29) is 0 Å². The number of nitrogens with zero attached hydrogens (tertiary/aromatic N) is 8. The van der Waals surface area contributed by atoms with Crippen LogP contribution in [0.2, 0.25) is 0 Å². The van der Waals surface area contributed by atoms with Crippen LogP contribution >= 0.6 is 0 Å². The maximum atomic E-state index is 14.0. The molecule has 0 amide bonds. The van der Waals surface area contributed by atoms with E-state index in [2.05, 4.69) is 29.6 Å². The Hall–Kier alpha value is -4.42. The minimum absolute atomic E-state index is 0.904. The monoisotopic (exact) mass is 356 g/mol. The van der Waals surface area contributed by atoms with Gasteiger partial charge in [0.25, 0.3) is 11.4 Å². The van der Waals surface area contributed by atoms with Crippen molar-refractivity contribution in [1.29, 1.82) is 10.5 Å². The van der Waals surface area contributed by atoms with E-state index in [1.54, 1.807) is 0 Å². The van der Waals surface area contributed by atoms with Gasteiger partial charge >= 0.3 is 0 Å². The molecule has 0 aliphatic carbocycles. The van der Waals surface area contributed by atoms with Gasteiger partial charge in [-0.25, -0.2) is 40.1 Å². The first-order chi connectivity index (χ1) is 12.4. The van der Waals surface area contributed by atoms with Gasteiger partial charge < -0.3 is 0 Å². The molecule has 0 radical (unpaired) electrons. The molecule has 0 spiro atoms. The fourth-order valence-electron chi connectivity index (χ4n) is 1.65. The van der Waals surface area contributed by atoms with Crippen molar-refractivity contribution in [3.05, 3.63) is 68.0 Å². The van der Waals surface area contributed by atoms with E-state index >= 15 is 0 Å². The van der Waals surface area contributed by atoms with Gasteiger partial charge in [0.2, 0.25) is 23.8 Å². The zero-order valence-electron chi connectivity index (χ0n) is 12.1. The Bertz CT molecular complexity index is 1190. The zero-order valence-corrected chi connectivity index (χ0v) is 12.1. The Kier molecular flexibility index (Phi) is 4.82. The molecule has 0 saturated carbocycles. The lowest BCUT2D eigenvalue weighted by Gasteiger charge is -1.97. The van der Waals surface area contributed by atoms with Crippen LogP contribution in [0.1, 0.15) is 0 Å². The minimum Gasteiger partial charge on any atom is -0.225 e. The van der Waals surface area contributed by atoms with Crippen LogP contribution in [-0.4, -0.2) is 19.9 Å². The molecule has 0 aliphatic heterocycles. The zero-order chi connectivity index (χ0) is 19.4. The summed E-state index contributed by atoms with van der Waals surface area (Å²) < 4.78 is 55.8. The van der Waals surface area contributed by atoms with Gasteiger partial charge in [-0.1, -0.05) is 0 Å². The third kappa shape index (κ3) is 2.99. The van der Waals surface area contributed by atoms with Crippen molar-refractivity contribution in [3.8, 4) is 12.1 Å². The van der Waals surface area contributed by atoms with Crippen molar-refractivity contribution < 1.29 is 17.6 Å². The highest BCUT2D eigenvalue weighted by Crippen LogP contribution is 2.01. The fourth-order valence-corrected chi connectivity index (χ4v) is 1.65. The molecule has 0 aliphatic rings. The highest BCUT2D eigenvalue weighted by Gasteiger charge is 2.14. The summed E-state index contributed by atoms with van der Waals surface area (Å²) in [5.41, 5.74) is -1.81. The van der Waals surface area contributed by atoms with E-state index in [0.717, 1.165) is 0 Å². The maximum Gasteiger partial charge on any atom is 0.291 e. The fraction of sp³-hybridized carbons (Fsp3) is 0. The predicted molar refractivity (Wildman–Crippen MR) is 72.1 cm³/mol. The van der Waals surface area contributed by atoms with Gasteiger partial charge in [0.1, 0.15) is 10.7 Å². The molecule has 0 unspecified atom stereocenters. The van der Waals surface area contributed by atoms with E-state index in [1.807, 2.05) is 0 Å². The number of nitriles is 2. The third-order valence-electron chi connectivity index (χ3n) is 2.73. The van der Waals surface area contributed by atoms with Crippen LogP contribution in [0.5, 0.6) is 0 Å². The van der Waals surface area contributed by atoms with E-state index < -0.39 is 56.6 Å². The Morgan fingerprint density at radius 1 is 0.692 bits per heavy atom. The van der Waals surface area contributed by atoms with Crippen molar-refractivity contribution in [2.24, 2.45) is 0 Å². The van der Waals surface area contributed by atoms with Crippen molar-refractivity contribution >= 4 is 11.4 Å². The molecule has 8 nitrogen and oxygen atoms in total. The lowest BCUT2D eigenvalue weighted by Crippen LogP contribution is -2.22. The Labute approximate surface area is 140 Å². The van der Waals surface area contributed by atoms with E-state index in [9.17, 15) is 17.6 Å². The summed E-state index contributed by atoms with van der Waals surface area (Å²) in [7, 11) is 0. The van der Waals surface area contributed by atoms with Gasteiger partial charge in [0, 0.05) is 0 Å². The van der Waals surface area contributed by atoms with Crippen LogP contribution in [0.15, 0.2) is 0 Å². The van der Waals surface area contributed by atoms with Crippen molar-refractivity contribution in [1.82, 2.24) is 19.9 Å². The largest absolute Gasteiger partial charge is 0.291 e. The highest BCUT2D eigenvalue weighted by molar-refractivity contribution is 5.64. The smallest absolute Gasteiger partial charge is 0.225 e. The average Bonchev–Trinajstić information content (AvgIpc) is 2.62. The van der Waals surface area contributed by atoms with Crippen LogP contribution in [-0.2, 0) is 0 Å². The molecule has 0 bridgehead atoms. The molecule has 2 aromatic rings. The second-order valence-electron chi connectivity index (χ2n) is 4.15. The lowest BCUT2D eigenvalue weighted by atomic mass is 10.4. The van der Waals surface area contributed by atoms with Crippen LogP contribution in [0.4, 0.5) is 17.6 Å². The molecule has 0 N–H and O–H groups in total. The van der Waals surface area contributed by atoms with Gasteiger partial charge in [0.15, 0.2) is 10.7 Å². The summed E-state index contributed by atoms with van der Waals surface area (Å²) in [5, 5.41) is 12.9. The van der Waals surface area contributed by atoms with Gasteiger partial charge in [-0.2, -0.15) is 17.6 Å². The van der Waals surface area contributed by atoms with Crippen molar-refractivity contribution in [2.45, 2.75) is 0 Å². The Morgan fingerprint density at radius 3 is 1.31 bits per heavy atom. The number of aromatic nitrogens is 4. The molecule has 2 rings (SSSR count). The van der Waals surface area contributed by atoms with Crippen LogP contribution in [0.25, 0.3) is 21.1 Å². The van der Waals surface area contributed by atoms with Crippen LogP contribution in [0.3, 0.4) is 0 Å². The average molecular weight is 356 g/mol. The van der Waals surface area contributed by atoms with Gasteiger partial charge in [-0.3, -0.25) is 0 Å². The first-order valence-corrected chi connectivity index (χ1v) is 6.14. The Morgan fingerprint density at radius 2 is 1.04 bits per heavy atom. The quantitative estimate of drug-likeness (QED) is 0.493. The normalized spacial score (nSPS) is 13.5. The van der Waals surface area contributed by atoms with Crippen LogP contribution in [0, 0.1) is 70.3 Å². The molecule has 2 heterocycles. The minimum atomic E-state index is -1.65. The van der Waals surface area contributed by atoms with Gasteiger partial charge in [-0.15, -0.1) is 0 Å². The lowest BCUT2D eigenvalue weighted by molar-refractivity contribution is 0.485. The van der Waals surface area contributed by atoms with E-state index in [1.165, 1.54) is 12.1 Å². The SMILES string of the molecule is [C-]#[N+]/C(C#N)=c1\nc(F)/c(=c2\nc(F)/c(=C(/C#N)[N+]#[C-])nc2F)nc1F. The standard InChI is InChI=1S/C14F4N8/c1-21-5(3-19)7-11(15)25-9(13(17)23-7)10-14(18)24-8(12(16)26-10)6(4-20)22-2/b7-5-,8-6+,10-9+. The first-order valence-electron chi connectivity index (χ1n) is 6.14. The van der Waals surface area contributed by atoms with Gasteiger partial charge in [0.05, 0.1) is 25.3 Å². The number of halogens is 4. The molecule has 12 heteroatoms. The topological polar surface area (TPSA) is 108 Å². The summed E-state index contributed by atoms with van der Waals surface area (Å²) in [6, 6.07) is 2.56. The summed E-state index contributed by atoms with van der Waals surface area (Å²) in [6.45, 7) is 13.3. The molecular formula is C14F4N8. The van der Waals surface area contributed by atoms with E-state index in [4.69, 9.17) is 23.7 Å². The molecule has 0 atom stereocenters. The second-order valence-corrected chi connectivity index (χ2v) is 4.15. The maximum absolute atomic E-state index is 14.0. The number of rotatable bonds is 0. The summed E-state index contributed by atoms with van der Waals surface area (Å²) in [6.07, 6.45) is 0. The number of hydrogen-bond acceptors (Lipinski definition) is 6. The number of hydrogen-bond donors (Lipinski definition) is 0. The molecular weight excluding hydrogens is 356 g/mol. The molecule has 0 saturated heterocycles. The van der Waals surface area contributed by atoms with Crippen molar-refractivity contribution in [2.75, 3.05) is 0 Å². The first kappa shape index (κ1) is 17.9. The van der Waals surface area contributed by atoms with Crippen LogP contribution < -0.4 is 10.7 Å². The summed E-state index contributed by atoms with van der Waals surface area (Å²) in [5.74, 6) is -6.48. The predicted octanol–water partition coefficient (Wildman–Crippen LogP) is 0.212. The molecule has 0 fully saturated rings. The molecule has 2 aromatic heterocycles. The highest BCUT2D eigenvalue weighted by atomic mass is 19.1. The third-order valence-corrected chi connectivity index (χ3v) is 2.73. The molecule has 26 heavy (non-hydrogen) atoms. The summed E-state index contributed by atoms with van der Waals surface area (Å²) in [4.78, 5) is 17.3. The van der Waals surface area contributed by atoms with Crippen molar-refractivity contribution in [3.63, 3.8) is 0 Å². The van der Waals surface area contributed by atoms with E-state index in [0.29, 0.717) is 0 Å². The molecule has 0 aromatic carbocycles. The second kappa shape index (κ2) is 7.00. The molecule has 124 valence electrons. The Balaban J connectivity index is 3.10. The van der Waals surface area contributed by atoms with Gasteiger partial charge in [-0.05, 0) is 0 Å².